The van der Waals surface area contributed by atoms with Crippen LogP contribution in [0.1, 0.15) is 33.1 Å². The molecule has 1 aliphatic heterocycles. The van der Waals surface area contributed by atoms with E-state index in [1.165, 1.54) is 24.8 Å². The number of likely N-dealkylation sites (tertiary alicyclic amines) is 1. The number of rotatable bonds is 5. The van der Waals surface area contributed by atoms with Crippen LogP contribution in [0.3, 0.4) is 0 Å². The molecule has 2 heteroatoms. The minimum atomic E-state index is 0.744. The zero-order valence-corrected chi connectivity index (χ0v) is 9.84. The molecule has 2 unspecified atom stereocenters. The Morgan fingerprint density at radius 2 is 2.21 bits per heavy atom. The van der Waals surface area contributed by atoms with Gasteiger partial charge in [0.2, 0.25) is 0 Å². The molecule has 0 radical (unpaired) electrons. The second-order valence-electron chi connectivity index (χ2n) is 4.44. The number of likely N-dealkylation sites (N-methyl/N-ethyl adjacent to an activating group) is 1. The highest BCUT2D eigenvalue weighted by molar-refractivity contribution is 5.02. The summed E-state index contributed by atoms with van der Waals surface area (Å²) in [6.07, 6.45) is 3.99. The van der Waals surface area contributed by atoms with Crippen LogP contribution < -0.4 is 5.32 Å². The van der Waals surface area contributed by atoms with Gasteiger partial charge < -0.3 is 5.32 Å². The van der Waals surface area contributed by atoms with Crippen molar-refractivity contribution in [2.75, 3.05) is 20.1 Å². The zero-order chi connectivity index (χ0) is 10.6. The summed E-state index contributed by atoms with van der Waals surface area (Å²) in [5.41, 5.74) is 1.31. The molecule has 2 nitrogen and oxygen atoms in total. The molecule has 0 spiro atoms. The number of nitrogens with zero attached hydrogens (tertiary/aromatic N) is 1. The monoisotopic (exact) mass is 196 g/mol. The van der Waals surface area contributed by atoms with Crippen LogP contribution in [0.2, 0.25) is 0 Å². The average Bonchev–Trinajstić information content (AvgIpc) is 2.48. The van der Waals surface area contributed by atoms with E-state index in [1.54, 1.807) is 0 Å². The fourth-order valence-corrected chi connectivity index (χ4v) is 2.41. The topological polar surface area (TPSA) is 15.3 Å². The van der Waals surface area contributed by atoms with Crippen molar-refractivity contribution >= 4 is 0 Å². The quantitative estimate of drug-likeness (QED) is 0.677. The molecule has 0 bridgehead atoms. The normalized spacial score (nSPS) is 28.2. The predicted octanol–water partition coefficient (Wildman–Crippen LogP) is 2.02. The highest BCUT2D eigenvalue weighted by Crippen LogP contribution is 2.26. The molecule has 0 saturated carbocycles. The van der Waals surface area contributed by atoms with Gasteiger partial charge in [0.1, 0.15) is 0 Å². The molecule has 14 heavy (non-hydrogen) atoms. The molecule has 0 aromatic carbocycles. The molecule has 82 valence electrons. The van der Waals surface area contributed by atoms with Gasteiger partial charge in [-0.1, -0.05) is 13.5 Å². The maximum Gasteiger partial charge on any atom is 0.0208 e. The maximum atomic E-state index is 4.11. The first-order valence-corrected chi connectivity index (χ1v) is 5.76. The second kappa shape index (κ2) is 5.52. The second-order valence-corrected chi connectivity index (χ2v) is 4.44. The summed E-state index contributed by atoms with van der Waals surface area (Å²) in [7, 11) is 1.98. The van der Waals surface area contributed by atoms with Gasteiger partial charge in [-0.05, 0) is 38.8 Å². The third-order valence-corrected chi connectivity index (χ3v) is 3.26. The molecule has 1 aliphatic rings. The molecular formula is C12H24N2. The maximum absolute atomic E-state index is 4.11. The first-order valence-electron chi connectivity index (χ1n) is 5.76. The van der Waals surface area contributed by atoms with Crippen molar-refractivity contribution in [1.29, 1.82) is 0 Å². The van der Waals surface area contributed by atoms with Crippen molar-refractivity contribution in [3.05, 3.63) is 12.2 Å². The van der Waals surface area contributed by atoms with Crippen LogP contribution in [0.25, 0.3) is 0 Å². The van der Waals surface area contributed by atoms with E-state index in [9.17, 15) is 0 Å². The largest absolute Gasteiger partial charge is 0.316 e. The van der Waals surface area contributed by atoms with Crippen LogP contribution in [-0.4, -0.2) is 37.1 Å². The Kier molecular flexibility index (Phi) is 4.63. The van der Waals surface area contributed by atoms with Crippen molar-refractivity contribution in [3.63, 3.8) is 0 Å². The van der Waals surface area contributed by atoms with Crippen molar-refractivity contribution < 1.29 is 0 Å². The van der Waals surface area contributed by atoms with E-state index < -0.39 is 0 Å². The van der Waals surface area contributed by atoms with Gasteiger partial charge in [-0.25, -0.2) is 0 Å². The van der Waals surface area contributed by atoms with E-state index in [4.69, 9.17) is 0 Å². The van der Waals surface area contributed by atoms with Crippen molar-refractivity contribution in [2.45, 2.75) is 45.2 Å². The first-order chi connectivity index (χ1) is 6.69. The van der Waals surface area contributed by atoms with Gasteiger partial charge in [-0.2, -0.15) is 0 Å². The van der Waals surface area contributed by atoms with E-state index in [0.29, 0.717) is 0 Å². The van der Waals surface area contributed by atoms with Gasteiger partial charge in [0.25, 0.3) is 0 Å². The Hall–Kier alpha value is -0.340. The van der Waals surface area contributed by atoms with E-state index in [0.717, 1.165) is 25.2 Å². The van der Waals surface area contributed by atoms with E-state index in [2.05, 4.69) is 30.6 Å². The minimum absolute atomic E-state index is 0.744. The van der Waals surface area contributed by atoms with Crippen molar-refractivity contribution in [3.8, 4) is 0 Å². The fraction of sp³-hybridized carbons (Fsp3) is 0.833. The van der Waals surface area contributed by atoms with Gasteiger partial charge in [0.05, 0.1) is 0 Å². The van der Waals surface area contributed by atoms with Crippen LogP contribution in [0.15, 0.2) is 12.2 Å². The molecule has 0 amide bonds. The summed E-state index contributed by atoms with van der Waals surface area (Å²) in [6, 6.07) is 1.53. The number of hydrogen-bond acceptors (Lipinski definition) is 2. The zero-order valence-electron chi connectivity index (χ0n) is 9.84. The van der Waals surface area contributed by atoms with Crippen molar-refractivity contribution in [1.82, 2.24) is 10.2 Å². The molecule has 1 N–H and O–H groups in total. The Labute approximate surface area is 88.4 Å². The molecule has 2 atom stereocenters. The predicted molar refractivity (Wildman–Crippen MR) is 62.5 cm³/mol. The fourth-order valence-electron chi connectivity index (χ4n) is 2.41. The smallest absolute Gasteiger partial charge is 0.0208 e. The SMILES string of the molecule is C=C(CNC)CN1C(C)CCC1CC. The van der Waals surface area contributed by atoms with Crippen LogP contribution in [0.4, 0.5) is 0 Å². The van der Waals surface area contributed by atoms with Gasteiger partial charge in [-0.15, -0.1) is 0 Å². The van der Waals surface area contributed by atoms with Gasteiger partial charge >= 0.3 is 0 Å². The number of nitrogens with one attached hydrogen (secondary N) is 1. The first kappa shape index (κ1) is 11.7. The lowest BCUT2D eigenvalue weighted by molar-refractivity contribution is 0.215. The van der Waals surface area contributed by atoms with Crippen LogP contribution in [0, 0.1) is 0 Å². The van der Waals surface area contributed by atoms with E-state index in [-0.39, 0.29) is 0 Å². The lowest BCUT2D eigenvalue weighted by Crippen LogP contribution is -2.36. The highest BCUT2D eigenvalue weighted by Gasteiger charge is 2.28. The molecule has 1 heterocycles. The number of hydrogen-bond donors (Lipinski definition) is 1. The summed E-state index contributed by atoms with van der Waals surface area (Å²) in [4.78, 5) is 2.61. The standard InChI is InChI=1S/C12H24N2/c1-5-12-7-6-11(3)14(12)9-10(2)8-13-4/h11-13H,2,5-9H2,1,3-4H3. The Balaban J connectivity index is 2.44. The summed E-state index contributed by atoms with van der Waals surface area (Å²) >= 11 is 0. The average molecular weight is 196 g/mol. The summed E-state index contributed by atoms with van der Waals surface area (Å²) in [6.45, 7) is 10.7. The molecular weight excluding hydrogens is 172 g/mol. The Morgan fingerprint density at radius 3 is 2.79 bits per heavy atom. The third-order valence-electron chi connectivity index (χ3n) is 3.26. The van der Waals surface area contributed by atoms with E-state index in [1.807, 2.05) is 7.05 Å². The molecule has 1 rings (SSSR count). The lowest BCUT2D eigenvalue weighted by atomic mass is 10.1. The highest BCUT2D eigenvalue weighted by atomic mass is 15.2. The Bertz CT molecular complexity index is 189. The lowest BCUT2D eigenvalue weighted by Gasteiger charge is -2.28. The minimum Gasteiger partial charge on any atom is -0.316 e. The van der Waals surface area contributed by atoms with E-state index >= 15 is 0 Å². The van der Waals surface area contributed by atoms with Crippen LogP contribution in [0.5, 0.6) is 0 Å². The van der Waals surface area contributed by atoms with Crippen LogP contribution >= 0.6 is 0 Å². The summed E-state index contributed by atoms with van der Waals surface area (Å²) in [5.74, 6) is 0. The summed E-state index contributed by atoms with van der Waals surface area (Å²) < 4.78 is 0. The van der Waals surface area contributed by atoms with Crippen LogP contribution in [-0.2, 0) is 0 Å². The van der Waals surface area contributed by atoms with Gasteiger partial charge in [-0.3, -0.25) is 4.90 Å². The van der Waals surface area contributed by atoms with Gasteiger partial charge in [0.15, 0.2) is 0 Å². The molecule has 1 fully saturated rings. The van der Waals surface area contributed by atoms with Crippen molar-refractivity contribution in [2.24, 2.45) is 0 Å². The molecule has 0 aliphatic carbocycles. The van der Waals surface area contributed by atoms with Gasteiger partial charge in [0, 0.05) is 25.2 Å². The third kappa shape index (κ3) is 2.82. The molecule has 0 aromatic rings. The molecule has 0 aromatic heterocycles. The molecule has 1 saturated heterocycles. The summed E-state index contributed by atoms with van der Waals surface area (Å²) in [5, 5.41) is 3.16. The Morgan fingerprint density at radius 1 is 1.50 bits per heavy atom.